The summed E-state index contributed by atoms with van der Waals surface area (Å²) in [5.41, 5.74) is 0.615. The first kappa shape index (κ1) is 7.32. The van der Waals surface area contributed by atoms with Gasteiger partial charge < -0.3 is 4.74 Å². The van der Waals surface area contributed by atoms with E-state index in [9.17, 15) is 4.79 Å². The topological polar surface area (TPSA) is 26.3 Å². The van der Waals surface area contributed by atoms with Gasteiger partial charge in [-0.15, -0.1) is 0 Å². The third-order valence-electron chi connectivity index (χ3n) is 1.73. The highest BCUT2D eigenvalue weighted by Crippen LogP contribution is 2.16. The summed E-state index contributed by atoms with van der Waals surface area (Å²) in [6.45, 7) is 6.24. The molecule has 1 heterocycles. The van der Waals surface area contributed by atoms with E-state index in [1.54, 1.807) is 0 Å². The van der Waals surface area contributed by atoms with Crippen LogP contribution in [-0.2, 0) is 9.53 Å². The molecule has 1 atom stereocenters. The van der Waals surface area contributed by atoms with Crippen LogP contribution in [0.5, 0.6) is 0 Å². The summed E-state index contributed by atoms with van der Waals surface area (Å²) in [6, 6.07) is 0. The zero-order valence-corrected chi connectivity index (χ0v) is 6.22. The SMILES string of the molecule is C=C1CCC(C)COC1=O. The Kier molecular flexibility index (Phi) is 2.10. The van der Waals surface area contributed by atoms with Gasteiger partial charge in [0.1, 0.15) is 0 Å². The molecule has 1 unspecified atom stereocenters. The molecule has 2 nitrogen and oxygen atoms in total. The largest absolute Gasteiger partial charge is 0.462 e. The monoisotopic (exact) mass is 140 g/mol. The molecule has 0 N–H and O–H groups in total. The molecule has 0 aliphatic carbocycles. The van der Waals surface area contributed by atoms with Crippen molar-refractivity contribution in [3.63, 3.8) is 0 Å². The third kappa shape index (κ3) is 1.59. The first-order chi connectivity index (χ1) is 4.70. The zero-order chi connectivity index (χ0) is 7.56. The second-order valence-electron chi connectivity index (χ2n) is 2.85. The summed E-state index contributed by atoms with van der Waals surface area (Å²) in [6.07, 6.45) is 1.81. The van der Waals surface area contributed by atoms with Gasteiger partial charge in [-0.1, -0.05) is 13.5 Å². The van der Waals surface area contributed by atoms with E-state index < -0.39 is 0 Å². The van der Waals surface area contributed by atoms with E-state index in [-0.39, 0.29) is 5.97 Å². The van der Waals surface area contributed by atoms with Crippen LogP contribution < -0.4 is 0 Å². The Bertz CT molecular complexity index is 143. The second-order valence-corrected chi connectivity index (χ2v) is 2.85. The zero-order valence-electron chi connectivity index (χ0n) is 6.22. The minimum absolute atomic E-state index is 0.218. The van der Waals surface area contributed by atoms with Gasteiger partial charge in [0.15, 0.2) is 0 Å². The third-order valence-corrected chi connectivity index (χ3v) is 1.73. The van der Waals surface area contributed by atoms with Crippen molar-refractivity contribution >= 4 is 5.97 Å². The molecule has 0 amide bonds. The normalized spacial score (nSPS) is 27.5. The van der Waals surface area contributed by atoms with Crippen molar-refractivity contribution < 1.29 is 9.53 Å². The van der Waals surface area contributed by atoms with Crippen LogP contribution in [0.1, 0.15) is 19.8 Å². The predicted octanol–water partition coefficient (Wildman–Crippen LogP) is 1.52. The van der Waals surface area contributed by atoms with Crippen molar-refractivity contribution in [2.75, 3.05) is 6.61 Å². The van der Waals surface area contributed by atoms with Gasteiger partial charge in [0, 0.05) is 5.57 Å². The Labute approximate surface area is 60.9 Å². The molecule has 1 aliphatic rings. The molecular weight excluding hydrogens is 128 g/mol. The van der Waals surface area contributed by atoms with Crippen LogP contribution in [0.15, 0.2) is 12.2 Å². The molecule has 10 heavy (non-hydrogen) atoms. The molecule has 0 aromatic heterocycles. The Hall–Kier alpha value is -0.790. The molecule has 0 aromatic carbocycles. The first-order valence-corrected chi connectivity index (χ1v) is 3.55. The van der Waals surface area contributed by atoms with Crippen molar-refractivity contribution in [2.45, 2.75) is 19.8 Å². The molecule has 0 saturated carbocycles. The molecular formula is C8H12O2. The van der Waals surface area contributed by atoms with Crippen molar-refractivity contribution in [3.05, 3.63) is 12.2 Å². The quantitative estimate of drug-likeness (QED) is 0.376. The lowest BCUT2D eigenvalue weighted by atomic mass is 10.0. The van der Waals surface area contributed by atoms with E-state index in [0.717, 1.165) is 12.8 Å². The van der Waals surface area contributed by atoms with Crippen LogP contribution in [0.2, 0.25) is 0 Å². The van der Waals surface area contributed by atoms with E-state index in [1.807, 2.05) is 0 Å². The molecule has 0 radical (unpaired) electrons. The molecule has 1 fully saturated rings. The summed E-state index contributed by atoms with van der Waals surface area (Å²) in [7, 11) is 0. The lowest BCUT2D eigenvalue weighted by Crippen LogP contribution is -2.06. The Morgan fingerprint density at radius 1 is 1.70 bits per heavy atom. The number of carbonyl (C=O) groups is 1. The van der Waals surface area contributed by atoms with E-state index in [0.29, 0.717) is 18.1 Å². The lowest BCUT2D eigenvalue weighted by Gasteiger charge is -2.03. The van der Waals surface area contributed by atoms with Gasteiger partial charge in [-0.2, -0.15) is 0 Å². The summed E-state index contributed by atoms with van der Waals surface area (Å²) in [4.78, 5) is 10.8. The van der Waals surface area contributed by atoms with E-state index >= 15 is 0 Å². The number of hydrogen-bond donors (Lipinski definition) is 0. The summed E-state index contributed by atoms with van der Waals surface area (Å²) < 4.78 is 4.89. The van der Waals surface area contributed by atoms with Gasteiger partial charge in [0.2, 0.25) is 0 Å². The highest BCUT2D eigenvalue weighted by Gasteiger charge is 2.16. The second kappa shape index (κ2) is 2.86. The lowest BCUT2D eigenvalue weighted by molar-refractivity contribution is -0.139. The van der Waals surface area contributed by atoms with Gasteiger partial charge in [-0.3, -0.25) is 0 Å². The number of hydrogen-bond acceptors (Lipinski definition) is 2. The molecule has 1 aliphatic heterocycles. The van der Waals surface area contributed by atoms with Crippen molar-refractivity contribution in [1.82, 2.24) is 0 Å². The van der Waals surface area contributed by atoms with Gasteiger partial charge in [-0.25, -0.2) is 4.79 Å². The van der Waals surface area contributed by atoms with Crippen LogP contribution in [0.25, 0.3) is 0 Å². The predicted molar refractivity (Wildman–Crippen MR) is 38.5 cm³/mol. The highest BCUT2D eigenvalue weighted by molar-refractivity contribution is 5.87. The number of rotatable bonds is 0. The molecule has 0 aromatic rings. The van der Waals surface area contributed by atoms with Crippen LogP contribution in [0.4, 0.5) is 0 Å². The maximum atomic E-state index is 10.8. The number of ether oxygens (including phenoxy) is 1. The van der Waals surface area contributed by atoms with E-state index in [4.69, 9.17) is 4.74 Å². The maximum absolute atomic E-state index is 10.8. The smallest absolute Gasteiger partial charge is 0.333 e. The summed E-state index contributed by atoms with van der Waals surface area (Å²) in [5.74, 6) is 0.271. The van der Waals surface area contributed by atoms with Gasteiger partial charge >= 0.3 is 5.97 Å². The average molecular weight is 140 g/mol. The summed E-state index contributed by atoms with van der Waals surface area (Å²) >= 11 is 0. The highest BCUT2D eigenvalue weighted by atomic mass is 16.5. The van der Waals surface area contributed by atoms with Crippen molar-refractivity contribution in [2.24, 2.45) is 5.92 Å². The van der Waals surface area contributed by atoms with Crippen molar-refractivity contribution in [3.8, 4) is 0 Å². The van der Waals surface area contributed by atoms with Crippen LogP contribution >= 0.6 is 0 Å². The number of esters is 1. The minimum atomic E-state index is -0.218. The van der Waals surface area contributed by atoms with E-state index in [2.05, 4.69) is 13.5 Å². The van der Waals surface area contributed by atoms with Crippen molar-refractivity contribution in [1.29, 1.82) is 0 Å². The number of cyclic esters (lactones) is 1. The molecule has 1 saturated heterocycles. The van der Waals surface area contributed by atoms with Crippen LogP contribution in [0.3, 0.4) is 0 Å². The minimum Gasteiger partial charge on any atom is -0.462 e. The average Bonchev–Trinajstić information content (AvgIpc) is 2.04. The Morgan fingerprint density at radius 3 is 3.10 bits per heavy atom. The first-order valence-electron chi connectivity index (χ1n) is 3.55. The molecule has 1 rings (SSSR count). The van der Waals surface area contributed by atoms with E-state index in [1.165, 1.54) is 0 Å². The standard InChI is InChI=1S/C8H12O2/c1-6-3-4-7(2)8(9)10-5-6/h6H,2-5H2,1H3. The fourth-order valence-corrected chi connectivity index (χ4v) is 0.926. The fraction of sp³-hybridized carbons (Fsp3) is 0.625. The molecule has 56 valence electrons. The Morgan fingerprint density at radius 2 is 2.40 bits per heavy atom. The van der Waals surface area contributed by atoms with Crippen LogP contribution in [-0.4, -0.2) is 12.6 Å². The fourth-order valence-electron chi connectivity index (χ4n) is 0.926. The van der Waals surface area contributed by atoms with Gasteiger partial charge in [0.05, 0.1) is 6.61 Å². The Balaban J connectivity index is 2.55. The maximum Gasteiger partial charge on any atom is 0.333 e. The molecule has 0 spiro atoms. The number of carbonyl (C=O) groups excluding carboxylic acids is 1. The molecule has 0 bridgehead atoms. The van der Waals surface area contributed by atoms with Gasteiger partial charge in [-0.05, 0) is 18.8 Å². The van der Waals surface area contributed by atoms with Crippen LogP contribution in [0, 0.1) is 5.92 Å². The molecule has 2 heteroatoms. The van der Waals surface area contributed by atoms with Gasteiger partial charge in [0.25, 0.3) is 0 Å². The summed E-state index contributed by atoms with van der Waals surface area (Å²) in [5, 5.41) is 0.